The molecule has 4 aromatic rings. The van der Waals surface area contributed by atoms with Crippen molar-refractivity contribution in [2.24, 2.45) is 0 Å². The molecule has 1 unspecified atom stereocenters. The van der Waals surface area contributed by atoms with Crippen LogP contribution in [-0.2, 0) is 4.79 Å². The van der Waals surface area contributed by atoms with Gasteiger partial charge < -0.3 is 9.32 Å². The lowest BCUT2D eigenvalue weighted by Crippen LogP contribution is -2.42. The van der Waals surface area contributed by atoms with Gasteiger partial charge in [0.05, 0.1) is 11.8 Å². The number of piperidine rings is 1. The predicted octanol–water partition coefficient (Wildman–Crippen LogP) is 5.34. The van der Waals surface area contributed by atoms with Gasteiger partial charge in [-0.25, -0.2) is 0 Å². The molecule has 6 heteroatoms. The van der Waals surface area contributed by atoms with E-state index in [0.717, 1.165) is 36.1 Å². The molecule has 0 saturated carbocycles. The SMILES string of the molecule is O=C(C(c1ccccc1)c1ccccc1)N1CCCC(c2nnc(-c3ccsc3)o2)C1. The molecule has 0 N–H and O–H groups in total. The van der Waals surface area contributed by atoms with Gasteiger partial charge in [0.15, 0.2) is 0 Å². The fourth-order valence-electron chi connectivity index (χ4n) is 4.23. The van der Waals surface area contributed by atoms with Crippen LogP contribution in [0.1, 0.15) is 41.7 Å². The van der Waals surface area contributed by atoms with Crippen molar-refractivity contribution in [2.75, 3.05) is 13.1 Å². The molecule has 2 aromatic carbocycles. The van der Waals surface area contributed by atoms with Crippen molar-refractivity contribution in [1.29, 1.82) is 0 Å². The molecule has 5 rings (SSSR count). The van der Waals surface area contributed by atoms with Gasteiger partial charge in [0.1, 0.15) is 0 Å². The van der Waals surface area contributed by atoms with Crippen LogP contribution in [0.2, 0.25) is 0 Å². The number of carbonyl (C=O) groups excluding carboxylic acids is 1. The van der Waals surface area contributed by atoms with Crippen LogP contribution >= 0.6 is 11.3 Å². The minimum atomic E-state index is -0.315. The second-order valence-corrected chi connectivity index (χ2v) is 8.62. The number of thiophene rings is 1. The maximum absolute atomic E-state index is 13.7. The molecule has 3 heterocycles. The van der Waals surface area contributed by atoms with Crippen molar-refractivity contribution in [1.82, 2.24) is 15.1 Å². The van der Waals surface area contributed by atoms with E-state index in [4.69, 9.17) is 4.42 Å². The van der Waals surface area contributed by atoms with Crippen LogP contribution < -0.4 is 0 Å². The first-order valence-corrected chi connectivity index (χ1v) is 11.5. The van der Waals surface area contributed by atoms with Crippen molar-refractivity contribution in [3.05, 3.63) is 94.5 Å². The summed E-state index contributed by atoms with van der Waals surface area (Å²) in [7, 11) is 0. The van der Waals surface area contributed by atoms with Crippen LogP contribution in [0.5, 0.6) is 0 Å². The standard InChI is InChI=1S/C25H23N3O2S/c29-25(22(18-8-3-1-4-9-18)19-10-5-2-6-11-19)28-14-7-12-20(16-28)23-26-27-24(30-23)21-13-15-31-17-21/h1-6,8-11,13,15,17,20,22H,7,12,14,16H2. The number of nitrogens with zero attached hydrogens (tertiary/aromatic N) is 3. The van der Waals surface area contributed by atoms with Crippen molar-refractivity contribution >= 4 is 17.2 Å². The summed E-state index contributed by atoms with van der Waals surface area (Å²) < 4.78 is 5.97. The number of hydrogen-bond acceptors (Lipinski definition) is 5. The molecule has 0 aliphatic carbocycles. The van der Waals surface area contributed by atoms with E-state index in [-0.39, 0.29) is 17.7 Å². The van der Waals surface area contributed by atoms with Gasteiger partial charge in [0.2, 0.25) is 17.7 Å². The molecule has 156 valence electrons. The normalized spacial score (nSPS) is 16.5. The smallest absolute Gasteiger partial charge is 0.248 e. The lowest BCUT2D eigenvalue weighted by atomic mass is 9.88. The fourth-order valence-corrected chi connectivity index (χ4v) is 4.86. The van der Waals surface area contributed by atoms with E-state index in [2.05, 4.69) is 10.2 Å². The zero-order valence-corrected chi connectivity index (χ0v) is 17.9. The van der Waals surface area contributed by atoms with Gasteiger partial charge in [-0.15, -0.1) is 10.2 Å². The van der Waals surface area contributed by atoms with Crippen LogP contribution in [0.25, 0.3) is 11.5 Å². The van der Waals surface area contributed by atoms with E-state index < -0.39 is 0 Å². The lowest BCUT2D eigenvalue weighted by Gasteiger charge is -2.34. The summed E-state index contributed by atoms with van der Waals surface area (Å²) in [6.07, 6.45) is 1.86. The highest BCUT2D eigenvalue weighted by Gasteiger charge is 2.33. The molecule has 1 fully saturated rings. The second kappa shape index (κ2) is 8.86. The van der Waals surface area contributed by atoms with Gasteiger partial charge in [0, 0.05) is 24.0 Å². The summed E-state index contributed by atoms with van der Waals surface area (Å²) in [4.78, 5) is 15.7. The Hall–Kier alpha value is -3.25. The summed E-state index contributed by atoms with van der Waals surface area (Å²) in [6, 6.07) is 22.0. The molecule has 1 atom stereocenters. The molecule has 1 aliphatic rings. The Labute approximate surface area is 185 Å². The van der Waals surface area contributed by atoms with Gasteiger partial charge >= 0.3 is 0 Å². The Bertz CT molecular complexity index is 1090. The van der Waals surface area contributed by atoms with Gasteiger partial charge in [-0.1, -0.05) is 60.7 Å². The van der Waals surface area contributed by atoms with E-state index in [0.29, 0.717) is 18.3 Å². The highest BCUT2D eigenvalue weighted by Crippen LogP contribution is 2.33. The highest BCUT2D eigenvalue weighted by molar-refractivity contribution is 7.08. The second-order valence-electron chi connectivity index (χ2n) is 7.84. The first-order chi connectivity index (χ1) is 15.3. The van der Waals surface area contributed by atoms with Gasteiger partial charge in [-0.3, -0.25) is 4.79 Å². The third-order valence-corrected chi connectivity index (χ3v) is 6.49. The molecule has 1 saturated heterocycles. The summed E-state index contributed by atoms with van der Waals surface area (Å²) in [6.45, 7) is 1.34. The Balaban J connectivity index is 1.39. The summed E-state index contributed by atoms with van der Waals surface area (Å²) in [5.41, 5.74) is 2.97. The lowest BCUT2D eigenvalue weighted by molar-refractivity contribution is -0.133. The van der Waals surface area contributed by atoms with Crippen LogP contribution in [0.3, 0.4) is 0 Å². The van der Waals surface area contributed by atoms with E-state index in [1.54, 1.807) is 11.3 Å². The molecule has 0 radical (unpaired) electrons. The summed E-state index contributed by atoms with van der Waals surface area (Å²) in [5, 5.41) is 12.5. The number of hydrogen-bond donors (Lipinski definition) is 0. The van der Waals surface area contributed by atoms with Gasteiger partial charge in [-0.05, 0) is 35.4 Å². The molecule has 1 aliphatic heterocycles. The summed E-state index contributed by atoms with van der Waals surface area (Å²) in [5.74, 6) is 1.04. The molecule has 2 aromatic heterocycles. The summed E-state index contributed by atoms with van der Waals surface area (Å²) >= 11 is 1.60. The maximum atomic E-state index is 13.7. The molecular weight excluding hydrogens is 406 g/mol. The van der Waals surface area contributed by atoms with Gasteiger partial charge in [0.25, 0.3) is 0 Å². The van der Waals surface area contributed by atoms with Crippen LogP contribution in [0, 0.1) is 0 Å². The Morgan fingerprint density at radius 3 is 2.35 bits per heavy atom. The quantitative estimate of drug-likeness (QED) is 0.430. The topological polar surface area (TPSA) is 59.2 Å². The van der Waals surface area contributed by atoms with Crippen molar-refractivity contribution < 1.29 is 9.21 Å². The predicted molar refractivity (Wildman–Crippen MR) is 121 cm³/mol. The molecule has 1 amide bonds. The molecule has 31 heavy (non-hydrogen) atoms. The van der Waals surface area contributed by atoms with Gasteiger partial charge in [-0.2, -0.15) is 11.3 Å². The van der Waals surface area contributed by atoms with Crippen LogP contribution in [0.4, 0.5) is 0 Å². The first kappa shape index (κ1) is 19.7. The highest BCUT2D eigenvalue weighted by atomic mass is 32.1. The Kier molecular flexibility index (Phi) is 5.63. The van der Waals surface area contributed by atoms with Crippen LogP contribution in [0.15, 0.2) is 81.9 Å². The Morgan fingerprint density at radius 2 is 1.71 bits per heavy atom. The third kappa shape index (κ3) is 4.16. The van der Waals surface area contributed by atoms with Crippen molar-refractivity contribution in [3.8, 4) is 11.5 Å². The third-order valence-electron chi connectivity index (χ3n) is 5.80. The number of likely N-dealkylation sites (tertiary alicyclic amines) is 1. The fraction of sp³-hybridized carbons (Fsp3) is 0.240. The zero-order valence-electron chi connectivity index (χ0n) is 17.1. The molecular formula is C25H23N3O2S. The average Bonchev–Trinajstić information content (AvgIpc) is 3.53. The number of aromatic nitrogens is 2. The monoisotopic (exact) mass is 429 g/mol. The first-order valence-electron chi connectivity index (χ1n) is 10.5. The van der Waals surface area contributed by atoms with E-state index >= 15 is 0 Å². The number of rotatable bonds is 5. The minimum absolute atomic E-state index is 0.0600. The van der Waals surface area contributed by atoms with E-state index in [9.17, 15) is 4.79 Å². The van der Waals surface area contributed by atoms with Crippen molar-refractivity contribution in [3.63, 3.8) is 0 Å². The molecule has 5 nitrogen and oxygen atoms in total. The number of amides is 1. The van der Waals surface area contributed by atoms with Crippen LogP contribution in [-0.4, -0.2) is 34.1 Å². The number of benzene rings is 2. The minimum Gasteiger partial charge on any atom is -0.420 e. The molecule has 0 bridgehead atoms. The van der Waals surface area contributed by atoms with E-state index in [1.165, 1.54) is 0 Å². The molecule has 0 spiro atoms. The van der Waals surface area contributed by atoms with Crippen molar-refractivity contribution in [2.45, 2.75) is 24.7 Å². The number of carbonyl (C=O) groups is 1. The largest absolute Gasteiger partial charge is 0.420 e. The average molecular weight is 430 g/mol. The van der Waals surface area contributed by atoms with E-state index in [1.807, 2.05) is 82.4 Å². The maximum Gasteiger partial charge on any atom is 0.248 e. The Morgan fingerprint density at radius 1 is 1.00 bits per heavy atom. The zero-order chi connectivity index (χ0) is 21.0.